The minimum atomic E-state index is 1.15. The smallest absolute Gasteiger partial charge is 0.0305 e. The van der Waals surface area contributed by atoms with Crippen LogP contribution < -0.4 is 0 Å². The summed E-state index contributed by atoms with van der Waals surface area (Å²) in [4.78, 5) is 0. The van der Waals surface area contributed by atoms with Gasteiger partial charge in [0.1, 0.15) is 0 Å². The van der Waals surface area contributed by atoms with Gasteiger partial charge in [0.05, 0.1) is 0 Å². The second-order valence-corrected chi connectivity index (χ2v) is 4.87. The minimum Gasteiger partial charge on any atom is -0.0620 e. The summed E-state index contributed by atoms with van der Waals surface area (Å²) in [5, 5.41) is 0. The molecular weight excluding hydrogens is 216 g/mol. The third-order valence-electron chi connectivity index (χ3n) is 3.31. The van der Waals surface area contributed by atoms with Crippen LogP contribution in [0.3, 0.4) is 0 Å². The second kappa shape index (κ2) is 7.00. The van der Waals surface area contributed by atoms with Gasteiger partial charge in [0.25, 0.3) is 0 Å². The zero-order chi connectivity index (χ0) is 13.5. The highest BCUT2D eigenvalue weighted by atomic mass is 14.0. The van der Waals surface area contributed by atoms with Crippen molar-refractivity contribution < 1.29 is 0 Å². The first-order valence-electron chi connectivity index (χ1n) is 6.63. The number of rotatable bonds is 1. The Morgan fingerprint density at radius 2 is 1.28 bits per heavy atom. The predicted molar refractivity (Wildman–Crippen MR) is 81.2 cm³/mol. The Hall–Kier alpha value is -1.56. The Labute approximate surface area is 112 Å². The third kappa shape index (κ3) is 4.37. The van der Waals surface area contributed by atoms with E-state index in [-0.39, 0.29) is 0 Å². The van der Waals surface area contributed by atoms with Gasteiger partial charge in [0, 0.05) is 0 Å². The van der Waals surface area contributed by atoms with Crippen LogP contribution in [0.15, 0.2) is 42.5 Å². The molecule has 0 unspecified atom stereocenters. The van der Waals surface area contributed by atoms with Gasteiger partial charge >= 0.3 is 0 Å². The van der Waals surface area contributed by atoms with Crippen molar-refractivity contribution in [1.29, 1.82) is 0 Å². The summed E-state index contributed by atoms with van der Waals surface area (Å²) in [6, 6.07) is 15.0. The van der Waals surface area contributed by atoms with Crippen molar-refractivity contribution in [3.8, 4) is 0 Å². The van der Waals surface area contributed by atoms with E-state index >= 15 is 0 Å². The molecule has 0 amide bonds. The summed E-state index contributed by atoms with van der Waals surface area (Å²) >= 11 is 0. The predicted octanol–water partition coefficient (Wildman–Crippen LogP) is 5.17. The molecule has 0 bridgehead atoms. The van der Waals surface area contributed by atoms with E-state index in [1.54, 1.807) is 0 Å². The fraction of sp³-hybridized carbons (Fsp3) is 0.333. The van der Waals surface area contributed by atoms with Gasteiger partial charge in [-0.15, -0.1) is 0 Å². The van der Waals surface area contributed by atoms with E-state index in [0.29, 0.717) is 0 Å². The summed E-state index contributed by atoms with van der Waals surface area (Å²) in [5.74, 6) is 0. The summed E-state index contributed by atoms with van der Waals surface area (Å²) in [5.41, 5.74) is 6.98. The third-order valence-corrected chi connectivity index (χ3v) is 3.31. The molecule has 0 nitrogen and oxygen atoms in total. The van der Waals surface area contributed by atoms with Gasteiger partial charge in [-0.05, 0) is 56.4 Å². The SMILES string of the molecule is CCc1cc(C)ccc1C.Cc1ccccc1C. The summed E-state index contributed by atoms with van der Waals surface area (Å²) in [6.07, 6.45) is 1.15. The van der Waals surface area contributed by atoms with Crippen LogP contribution in [0.1, 0.15) is 34.7 Å². The van der Waals surface area contributed by atoms with E-state index in [2.05, 4.69) is 77.1 Å². The lowest BCUT2D eigenvalue weighted by atomic mass is 10.0. The van der Waals surface area contributed by atoms with Gasteiger partial charge in [-0.2, -0.15) is 0 Å². The lowest BCUT2D eigenvalue weighted by Crippen LogP contribution is -1.86. The molecule has 0 heterocycles. The first-order valence-corrected chi connectivity index (χ1v) is 6.63. The van der Waals surface area contributed by atoms with Crippen molar-refractivity contribution in [2.75, 3.05) is 0 Å². The van der Waals surface area contributed by atoms with Crippen molar-refractivity contribution in [1.82, 2.24) is 0 Å². The van der Waals surface area contributed by atoms with Crippen molar-refractivity contribution in [3.63, 3.8) is 0 Å². The van der Waals surface area contributed by atoms with E-state index in [1.165, 1.54) is 27.8 Å². The zero-order valence-corrected chi connectivity index (χ0v) is 12.2. The molecule has 2 aromatic carbocycles. The summed E-state index contributed by atoms with van der Waals surface area (Å²) < 4.78 is 0. The lowest BCUT2D eigenvalue weighted by molar-refractivity contribution is 1.10. The fourth-order valence-corrected chi connectivity index (χ4v) is 1.84. The fourth-order valence-electron chi connectivity index (χ4n) is 1.84. The Kier molecular flexibility index (Phi) is 5.64. The van der Waals surface area contributed by atoms with Gasteiger partial charge in [0.15, 0.2) is 0 Å². The highest BCUT2D eigenvalue weighted by Gasteiger charge is 1.93. The topological polar surface area (TPSA) is 0 Å². The van der Waals surface area contributed by atoms with Gasteiger partial charge in [-0.3, -0.25) is 0 Å². The van der Waals surface area contributed by atoms with Gasteiger partial charge in [-0.25, -0.2) is 0 Å². The molecule has 18 heavy (non-hydrogen) atoms. The molecule has 0 spiro atoms. The Bertz CT molecular complexity index is 474. The van der Waals surface area contributed by atoms with Crippen LogP contribution in [0.4, 0.5) is 0 Å². The lowest BCUT2D eigenvalue weighted by Gasteiger charge is -2.02. The molecule has 0 heteroatoms. The minimum absolute atomic E-state index is 1.15. The van der Waals surface area contributed by atoms with Crippen molar-refractivity contribution in [2.24, 2.45) is 0 Å². The number of aryl methyl sites for hydroxylation is 5. The first kappa shape index (κ1) is 14.5. The molecule has 0 saturated carbocycles. The van der Waals surface area contributed by atoms with Crippen molar-refractivity contribution in [3.05, 3.63) is 70.3 Å². The van der Waals surface area contributed by atoms with Crippen LogP contribution in [-0.2, 0) is 6.42 Å². The quantitative estimate of drug-likeness (QED) is 0.645. The number of benzene rings is 2. The van der Waals surface area contributed by atoms with Crippen LogP contribution in [0.25, 0.3) is 0 Å². The molecule has 96 valence electrons. The Balaban J connectivity index is 0.000000184. The zero-order valence-electron chi connectivity index (χ0n) is 12.2. The standard InChI is InChI=1S/C10H14.C8H10/c1-4-10-7-8(2)5-6-9(10)3;1-7-5-3-4-6-8(7)2/h5-7H,4H2,1-3H3;3-6H,1-2H3. The van der Waals surface area contributed by atoms with Gasteiger partial charge in [-0.1, -0.05) is 55.0 Å². The molecule has 0 aliphatic carbocycles. The van der Waals surface area contributed by atoms with Crippen LogP contribution in [0.5, 0.6) is 0 Å². The Morgan fingerprint density at radius 1 is 0.722 bits per heavy atom. The van der Waals surface area contributed by atoms with Crippen LogP contribution in [-0.4, -0.2) is 0 Å². The van der Waals surface area contributed by atoms with E-state index in [1.807, 2.05) is 0 Å². The highest BCUT2D eigenvalue weighted by molar-refractivity contribution is 5.30. The number of hydrogen-bond donors (Lipinski definition) is 0. The summed E-state index contributed by atoms with van der Waals surface area (Å²) in [6.45, 7) is 10.7. The van der Waals surface area contributed by atoms with Crippen LogP contribution in [0, 0.1) is 27.7 Å². The molecule has 0 saturated heterocycles. The molecule has 2 aromatic rings. The molecule has 0 N–H and O–H groups in total. The van der Waals surface area contributed by atoms with Gasteiger partial charge < -0.3 is 0 Å². The van der Waals surface area contributed by atoms with Crippen molar-refractivity contribution >= 4 is 0 Å². The second-order valence-electron chi connectivity index (χ2n) is 4.87. The van der Waals surface area contributed by atoms with E-state index in [0.717, 1.165) is 6.42 Å². The summed E-state index contributed by atoms with van der Waals surface area (Å²) in [7, 11) is 0. The maximum absolute atomic E-state index is 2.26. The molecular formula is C18H24. The molecule has 0 aliphatic rings. The molecule has 0 fully saturated rings. The van der Waals surface area contributed by atoms with E-state index < -0.39 is 0 Å². The molecule has 0 aromatic heterocycles. The van der Waals surface area contributed by atoms with E-state index in [9.17, 15) is 0 Å². The maximum Gasteiger partial charge on any atom is -0.0305 e. The largest absolute Gasteiger partial charge is 0.0620 e. The number of hydrogen-bond acceptors (Lipinski definition) is 0. The normalized spacial score (nSPS) is 9.61. The first-order chi connectivity index (χ1) is 8.54. The molecule has 2 rings (SSSR count). The average molecular weight is 240 g/mol. The molecule has 0 atom stereocenters. The van der Waals surface area contributed by atoms with Crippen LogP contribution >= 0.6 is 0 Å². The maximum atomic E-state index is 2.26. The highest BCUT2D eigenvalue weighted by Crippen LogP contribution is 2.10. The van der Waals surface area contributed by atoms with E-state index in [4.69, 9.17) is 0 Å². The molecule has 0 radical (unpaired) electrons. The monoisotopic (exact) mass is 240 g/mol. The van der Waals surface area contributed by atoms with Gasteiger partial charge in [0.2, 0.25) is 0 Å². The van der Waals surface area contributed by atoms with Crippen molar-refractivity contribution in [2.45, 2.75) is 41.0 Å². The average Bonchev–Trinajstić information content (AvgIpc) is 2.37. The molecule has 0 aliphatic heterocycles. The Morgan fingerprint density at radius 3 is 1.67 bits per heavy atom. The van der Waals surface area contributed by atoms with Crippen LogP contribution in [0.2, 0.25) is 0 Å².